The lowest BCUT2D eigenvalue weighted by Gasteiger charge is -2.31. The average molecular weight is 396 g/mol. The van der Waals surface area contributed by atoms with Crippen LogP contribution >= 0.6 is 0 Å². The number of morpholine rings is 1. The van der Waals surface area contributed by atoms with Crippen LogP contribution in [-0.4, -0.2) is 61.3 Å². The molecule has 0 unspecified atom stereocenters. The molecule has 0 aliphatic carbocycles. The lowest BCUT2D eigenvalue weighted by Crippen LogP contribution is -2.37. The highest BCUT2D eigenvalue weighted by Gasteiger charge is 2.19. The second kappa shape index (κ2) is 9.55. The van der Waals surface area contributed by atoms with Gasteiger partial charge in [0.15, 0.2) is 0 Å². The minimum atomic E-state index is 0.727. The number of piperidine rings is 1. The molecule has 2 aliphatic heterocycles. The van der Waals surface area contributed by atoms with E-state index in [0.717, 1.165) is 69.9 Å². The lowest BCUT2D eigenvalue weighted by molar-refractivity contribution is 0.122. The van der Waals surface area contributed by atoms with Crippen molar-refractivity contribution in [3.8, 4) is 0 Å². The van der Waals surface area contributed by atoms with Crippen molar-refractivity contribution in [3.05, 3.63) is 47.8 Å². The van der Waals surface area contributed by atoms with Crippen LogP contribution in [0.1, 0.15) is 30.9 Å². The van der Waals surface area contributed by atoms with Gasteiger partial charge in [0.1, 0.15) is 0 Å². The SMILES string of the molecule is C[C@H]1CCCN(c2ncc(CN(C)Cc3ccccc3N3CCOCC3)cn2)C1. The van der Waals surface area contributed by atoms with E-state index in [9.17, 15) is 0 Å². The normalized spacial score (nSPS) is 20.3. The molecule has 0 spiro atoms. The highest BCUT2D eigenvalue weighted by atomic mass is 16.5. The van der Waals surface area contributed by atoms with E-state index in [1.165, 1.54) is 24.1 Å². The molecule has 29 heavy (non-hydrogen) atoms. The van der Waals surface area contributed by atoms with Gasteiger partial charge in [0, 0.05) is 62.9 Å². The fourth-order valence-corrected chi connectivity index (χ4v) is 4.38. The topological polar surface area (TPSA) is 44.7 Å². The molecule has 6 heteroatoms. The number of para-hydroxylation sites is 1. The molecule has 0 radical (unpaired) electrons. The second-order valence-corrected chi connectivity index (χ2v) is 8.49. The molecule has 2 aliphatic rings. The summed E-state index contributed by atoms with van der Waals surface area (Å²) in [6.07, 6.45) is 6.53. The number of nitrogens with zero attached hydrogens (tertiary/aromatic N) is 5. The summed E-state index contributed by atoms with van der Waals surface area (Å²) in [4.78, 5) is 16.4. The first-order valence-electron chi connectivity index (χ1n) is 10.8. The number of benzene rings is 1. The maximum atomic E-state index is 5.51. The molecule has 6 nitrogen and oxygen atoms in total. The van der Waals surface area contributed by atoms with Crippen LogP contribution in [0.25, 0.3) is 0 Å². The number of anilines is 2. The van der Waals surface area contributed by atoms with Gasteiger partial charge in [-0.1, -0.05) is 25.1 Å². The summed E-state index contributed by atoms with van der Waals surface area (Å²) in [5, 5.41) is 0. The molecule has 2 fully saturated rings. The zero-order chi connectivity index (χ0) is 20.1. The Labute approximate surface area is 174 Å². The van der Waals surface area contributed by atoms with Gasteiger partial charge in [-0.15, -0.1) is 0 Å². The molecule has 0 bridgehead atoms. The Hall–Kier alpha value is -2.18. The molecule has 1 aromatic carbocycles. The summed E-state index contributed by atoms with van der Waals surface area (Å²) in [5.41, 5.74) is 3.84. The van der Waals surface area contributed by atoms with Crippen molar-refractivity contribution in [1.82, 2.24) is 14.9 Å². The lowest BCUT2D eigenvalue weighted by atomic mass is 10.0. The Balaban J connectivity index is 1.37. The van der Waals surface area contributed by atoms with E-state index in [1.807, 2.05) is 12.4 Å². The Bertz CT molecular complexity index is 775. The van der Waals surface area contributed by atoms with E-state index in [4.69, 9.17) is 4.74 Å². The summed E-state index contributed by atoms with van der Waals surface area (Å²) < 4.78 is 5.51. The summed E-state index contributed by atoms with van der Waals surface area (Å²) >= 11 is 0. The summed E-state index contributed by atoms with van der Waals surface area (Å²) in [6, 6.07) is 8.72. The van der Waals surface area contributed by atoms with Crippen molar-refractivity contribution in [2.45, 2.75) is 32.9 Å². The van der Waals surface area contributed by atoms with Gasteiger partial charge in [-0.2, -0.15) is 0 Å². The first kappa shape index (κ1) is 20.1. The third-order valence-electron chi connectivity index (χ3n) is 5.87. The van der Waals surface area contributed by atoms with Crippen molar-refractivity contribution in [1.29, 1.82) is 0 Å². The number of hydrogen-bond donors (Lipinski definition) is 0. The van der Waals surface area contributed by atoms with Gasteiger partial charge in [-0.3, -0.25) is 4.90 Å². The summed E-state index contributed by atoms with van der Waals surface area (Å²) in [7, 11) is 2.16. The summed E-state index contributed by atoms with van der Waals surface area (Å²) in [6.45, 7) is 9.74. The van der Waals surface area contributed by atoms with Crippen LogP contribution in [0.5, 0.6) is 0 Å². The zero-order valence-corrected chi connectivity index (χ0v) is 17.8. The van der Waals surface area contributed by atoms with Crippen molar-refractivity contribution in [2.24, 2.45) is 5.92 Å². The van der Waals surface area contributed by atoms with E-state index < -0.39 is 0 Å². The smallest absolute Gasteiger partial charge is 0.225 e. The molecule has 3 heterocycles. The Morgan fingerprint density at radius 2 is 1.79 bits per heavy atom. The van der Waals surface area contributed by atoms with Crippen molar-refractivity contribution in [3.63, 3.8) is 0 Å². The molecule has 1 atom stereocenters. The van der Waals surface area contributed by atoms with Gasteiger partial charge in [0.05, 0.1) is 13.2 Å². The van der Waals surface area contributed by atoms with E-state index in [2.05, 4.69) is 62.9 Å². The second-order valence-electron chi connectivity index (χ2n) is 8.49. The molecular formula is C23H33N5O. The molecular weight excluding hydrogens is 362 g/mol. The molecule has 0 saturated carbocycles. The van der Waals surface area contributed by atoms with E-state index in [0.29, 0.717) is 0 Å². The Morgan fingerprint density at radius 1 is 1.03 bits per heavy atom. The number of aromatic nitrogens is 2. The minimum absolute atomic E-state index is 0.727. The van der Waals surface area contributed by atoms with Crippen molar-refractivity contribution in [2.75, 3.05) is 56.2 Å². The van der Waals surface area contributed by atoms with Gasteiger partial charge < -0.3 is 14.5 Å². The third kappa shape index (κ3) is 5.25. The third-order valence-corrected chi connectivity index (χ3v) is 5.87. The fraction of sp³-hybridized carbons (Fsp3) is 0.565. The molecule has 2 saturated heterocycles. The number of rotatable bonds is 6. The van der Waals surface area contributed by atoms with Gasteiger partial charge in [-0.25, -0.2) is 9.97 Å². The monoisotopic (exact) mass is 395 g/mol. The molecule has 0 amide bonds. The molecule has 2 aromatic rings. The largest absolute Gasteiger partial charge is 0.378 e. The van der Waals surface area contributed by atoms with E-state index in [1.54, 1.807) is 0 Å². The van der Waals surface area contributed by atoms with Gasteiger partial charge in [-0.05, 0) is 37.4 Å². The van der Waals surface area contributed by atoms with Gasteiger partial charge in [0.2, 0.25) is 5.95 Å². The van der Waals surface area contributed by atoms with E-state index in [-0.39, 0.29) is 0 Å². The first-order chi connectivity index (χ1) is 14.2. The fourth-order valence-electron chi connectivity index (χ4n) is 4.38. The van der Waals surface area contributed by atoms with Crippen LogP contribution in [0, 0.1) is 5.92 Å². The predicted molar refractivity (Wildman–Crippen MR) is 117 cm³/mol. The number of ether oxygens (including phenoxy) is 1. The molecule has 156 valence electrons. The maximum absolute atomic E-state index is 5.51. The maximum Gasteiger partial charge on any atom is 0.225 e. The molecule has 1 aromatic heterocycles. The predicted octanol–water partition coefficient (Wildman–Crippen LogP) is 3.18. The highest BCUT2D eigenvalue weighted by molar-refractivity contribution is 5.54. The highest BCUT2D eigenvalue weighted by Crippen LogP contribution is 2.23. The van der Waals surface area contributed by atoms with Gasteiger partial charge in [0.25, 0.3) is 0 Å². The van der Waals surface area contributed by atoms with Crippen LogP contribution in [0.4, 0.5) is 11.6 Å². The molecule has 0 N–H and O–H groups in total. The Morgan fingerprint density at radius 3 is 2.55 bits per heavy atom. The minimum Gasteiger partial charge on any atom is -0.378 e. The first-order valence-corrected chi connectivity index (χ1v) is 10.8. The summed E-state index contributed by atoms with van der Waals surface area (Å²) in [5.74, 6) is 1.60. The van der Waals surface area contributed by atoms with E-state index >= 15 is 0 Å². The Kier molecular flexibility index (Phi) is 6.62. The van der Waals surface area contributed by atoms with Crippen LogP contribution in [0.15, 0.2) is 36.7 Å². The standard InChI is InChI=1S/C23H33N5O/c1-19-6-5-9-28(16-19)23-24-14-20(15-25-23)17-26(2)18-21-7-3-4-8-22(21)27-10-12-29-13-11-27/h3-4,7-8,14-15,19H,5-6,9-13,16-18H2,1-2H3/t19-/m0/s1. The van der Waals surface area contributed by atoms with Crippen LogP contribution in [0.3, 0.4) is 0 Å². The number of hydrogen-bond acceptors (Lipinski definition) is 6. The van der Waals surface area contributed by atoms with Crippen LogP contribution < -0.4 is 9.80 Å². The van der Waals surface area contributed by atoms with Crippen LogP contribution in [-0.2, 0) is 17.8 Å². The average Bonchev–Trinajstić information content (AvgIpc) is 2.75. The van der Waals surface area contributed by atoms with Crippen LogP contribution in [0.2, 0.25) is 0 Å². The quantitative estimate of drug-likeness (QED) is 0.749. The molecule has 4 rings (SSSR count). The van der Waals surface area contributed by atoms with Gasteiger partial charge >= 0.3 is 0 Å². The van der Waals surface area contributed by atoms with Crippen molar-refractivity contribution >= 4 is 11.6 Å². The van der Waals surface area contributed by atoms with Crippen molar-refractivity contribution < 1.29 is 4.74 Å². The zero-order valence-electron chi connectivity index (χ0n) is 17.8.